The molecule has 1 nitrogen and oxygen atoms in total. The molecule has 0 unspecified atom stereocenters. The molecule has 0 fully saturated rings. The van der Waals surface area contributed by atoms with Crippen molar-refractivity contribution >= 4 is 87.7 Å². The number of fused-ring (bicyclic) bond motifs is 7. The Labute approximate surface area is 301 Å². The van der Waals surface area contributed by atoms with Crippen molar-refractivity contribution in [1.82, 2.24) is 0 Å². The summed E-state index contributed by atoms with van der Waals surface area (Å²) in [4.78, 5) is 0. The van der Waals surface area contributed by atoms with Crippen LogP contribution in [0.4, 0.5) is 0 Å². The van der Waals surface area contributed by atoms with E-state index < -0.39 is 7.14 Å². The molecule has 2 heteroatoms. The molecule has 0 aliphatic rings. The van der Waals surface area contributed by atoms with Crippen LogP contribution in [0.25, 0.3) is 86.9 Å². The molecule has 0 aliphatic heterocycles. The molecule has 0 aliphatic carbocycles. The molecule has 0 heterocycles. The second-order valence-corrected chi connectivity index (χ2v) is 16.7. The van der Waals surface area contributed by atoms with Gasteiger partial charge in [0.05, 0.1) is 0 Å². The minimum Gasteiger partial charge on any atom is -0.309 e. The van der Waals surface area contributed by atoms with Crippen molar-refractivity contribution in [3.05, 3.63) is 188 Å². The first-order valence-electron chi connectivity index (χ1n) is 17.9. The van der Waals surface area contributed by atoms with Crippen molar-refractivity contribution in [3.8, 4) is 22.3 Å². The fourth-order valence-corrected chi connectivity index (χ4v) is 11.7. The molecule has 242 valence electrons. The third-order valence-corrected chi connectivity index (χ3v) is 14.2. The Hall–Kier alpha value is -6.27. The summed E-state index contributed by atoms with van der Waals surface area (Å²) in [5.74, 6) is 0. The second-order valence-electron chi connectivity index (χ2n) is 13.9. The minimum atomic E-state index is -3.16. The van der Waals surface area contributed by atoms with Gasteiger partial charge in [-0.1, -0.05) is 170 Å². The normalized spacial score (nSPS) is 12.3. The Balaban J connectivity index is 1.29. The summed E-state index contributed by atoms with van der Waals surface area (Å²) in [6.45, 7) is 0. The van der Waals surface area contributed by atoms with Crippen LogP contribution in [0.15, 0.2) is 188 Å². The van der Waals surface area contributed by atoms with E-state index in [4.69, 9.17) is 0 Å². The summed E-state index contributed by atoms with van der Waals surface area (Å²) in [5, 5.41) is 18.0. The highest BCUT2D eigenvalue weighted by atomic mass is 31.2. The maximum atomic E-state index is 15.5. The fourth-order valence-electron chi connectivity index (χ4n) is 9.01. The summed E-state index contributed by atoms with van der Waals surface area (Å²) in [6, 6.07) is 66.5. The molecule has 11 rings (SSSR count). The zero-order valence-electron chi connectivity index (χ0n) is 28.3. The standard InChI is InChI=1S/C50H31OP/c51-52(36-20-6-2-7-21-36,37-22-8-3-9-23-37)38-24-12-19-34(29-38)35-30-43-39-25-10-11-26-40(39)48-47(43)44(31-35)46(33-15-4-1-5-16-33)49-41-27-13-17-32-18-14-28-42(45(32)41)50(48)49/h1-31H. The Morgan fingerprint density at radius 3 is 1.48 bits per heavy atom. The van der Waals surface area contributed by atoms with E-state index >= 15 is 4.57 Å². The van der Waals surface area contributed by atoms with Crippen molar-refractivity contribution in [1.29, 1.82) is 0 Å². The predicted octanol–water partition coefficient (Wildman–Crippen LogP) is 12.5. The summed E-state index contributed by atoms with van der Waals surface area (Å²) in [7, 11) is -3.16. The Morgan fingerprint density at radius 2 is 0.788 bits per heavy atom. The van der Waals surface area contributed by atoms with Crippen molar-refractivity contribution in [2.24, 2.45) is 0 Å². The summed E-state index contributed by atoms with van der Waals surface area (Å²) >= 11 is 0. The lowest BCUT2D eigenvalue weighted by Gasteiger charge is -2.21. The molecule has 0 amide bonds. The molecule has 0 N–H and O–H groups in total. The molecule has 0 saturated carbocycles. The number of hydrogen-bond acceptors (Lipinski definition) is 1. The third-order valence-electron chi connectivity index (χ3n) is 11.2. The van der Waals surface area contributed by atoms with E-state index in [-0.39, 0.29) is 0 Å². The van der Waals surface area contributed by atoms with Crippen LogP contribution in [0.1, 0.15) is 0 Å². The molecule has 0 atom stereocenters. The van der Waals surface area contributed by atoms with Gasteiger partial charge in [-0.15, -0.1) is 0 Å². The van der Waals surface area contributed by atoms with Crippen LogP contribution in [0, 0.1) is 0 Å². The van der Waals surface area contributed by atoms with Crippen LogP contribution in [0.5, 0.6) is 0 Å². The highest BCUT2D eigenvalue weighted by molar-refractivity contribution is 7.85. The monoisotopic (exact) mass is 678 g/mol. The average Bonchev–Trinajstić information content (AvgIpc) is 3.73. The topological polar surface area (TPSA) is 17.1 Å². The smallest absolute Gasteiger partial charge is 0.171 e. The second kappa shape index (κ2) is 11.1. The lowest BCUT2D eigenvalue weighted by molar-refractivity contribution is 0.592. The van der Waals surface area contributed by atoms with E-state index in [0.29, 0.717) is 0 Å². The predicted molar refractivity (Wildman–Crippen MR) is 224 cm³/mol. The van der Waals surface area contributed by atoms with E-state index in [1.54, 1.807) is 0 Å². The zero-order chi connectivity index (χ0) is 34.4. The van der Waals surface area contributed by atoms with Gasteiger partial charge in [-0.25, -0.2) is 0 Å². The molecule has 52 heavy (non-hydrogen) atoms. The molecule has 0 aromatic heterocycles. The summed E-state index contributed by atoms with van der Waals surface area (Å²) in [5.41, 5.74) is 4.65. The lowest BCUT2D eigenvalue weighted by atomic mass is 9.88. The van der Waals surface area contributed by atoms with Gasteiger partial charge in [0, 0.05) is 15.9 Å². The quantitative estimate of drug-likeness (QED) is 0.166. The Bertz CT molecular complexity index is 3140. The Kier molecular flexibility index (Phi) is 6.30. The SMILES string of the molecule is O=P(c1ccccc1)(c1ccccc1)c1cccc(-c2cc3c(-c4ccccc4)c4c5cccc6cccc(c65)c4c4c5ccccc5c(c2)c34)c1. The van der Waals surface area contributed by atoms with Gasteiger partial charge < -0.3 is 4.57 Å². The van der Waals surface area contributed by atoms with E-state index in [1.165, 1.54) is 75.8 Å². The van der Waals surface area contributed by atoms with Crippen LogP contribution in [0.3, 0.4) is 0 Å². The largest absolute Gasteiger partial charge is 0.309 e. The maximum absolute atomic E-state index is 15.5. The van der Waals surface area contributed by atoms with Crippen molar-refractivity contribution < 1.29 is 4.57 Å². The first-order valence-corrected chi connectivity index (χ1v) is 19.6. The van der Waals surface area contributed by atoms with Crippen molar-refractivity contribution in [2.45, 2.75) is 0 Å². The van der Waals surface area contributed by atoms with Crippen LogP contribution in [0.2, 0.25) is 0 Å². The van der Waals surface area contributed by atoms with Gasteiger partial charge in [0.25, 0.3) is 0 Å². The highest BCUT2D eigenvalue weighted by Gasteiger charge is 2.30. The van der Waals surface area contributed by atoms with Crippen molar-refractivity contribution in [2.75, 3.05) is 0 Å². The van der Waals surface area contributed by atoms with Gasteiger partial charge >= 0.3 is 0 Å². The number of benzene rings is 9. The molecule has 0 saturated heterocycles. The summed E-state index contributed by atoms with van der Waals surface area (Å²) in [6.07, 6.45) is 0. The van der Waals surface area contributed by atoms with Gasteiger partial charge in [0.1, 0.15) is 0 Å². The average molecular weight is 679 g/mol. The molecule has 11 aromatic carbocycles. The van der Waals surface area contributed by atoms with Gasteiger partial charge in [0.2, 0.25) is 0 Å². The zero-order valence-corrected chi connectivity index (χ0v) is 29.1. The fraction of sp³-hybridized carbons (Fsp3) is 0. The molecule has 0 bridgehead atoms. The van der Waals surface area contributed by atoms with Gasteiger partial charge in [-0.05, 0) is 105 Å². The van der Waals surface area contributed by atoms with E-state index in [1.807, 2.05) is 66.7 Å². The lowest BCUT2D eigenvalue weighted by Crippen LogP contribution is -2.25. The van der Waals surface area contributed by atoms with E-state index in [2.05, 4.69) is 121 Å². The van der Waals surface area contributed by atoms with Gasteiger partial charge in [0.15, 0.2) is 7.14 Å². The number of rotatable bonds is 5. The minimum absolute atomic E-state index is 0.833. The molecule has 11 aromatic rings. The Morgan fingerprint density at radius 1 is 0.288 bits per heavy atom. The highest BCUT2D eigenvalue weighted by Crippen LogP contribution is 2.54. The van der Waals surface area contributed by atoms with Crippen LogP contribution >= 0.6 is 7.14 Å². The molecule has 0 radical (unpaired) electrons. The summed E-state index contributed by atoms with van der Waals surface area (Å²) < 4.78 is 15.5. The first-order chi connectivity index (χ1) is 25.7. The number of hydrogen-bond donors (Lipinski definition) is 0. The van der Waals surface area contributed by atoms with Gasteiger partial charge in [-0.3, -0.25) is 0 Å². The first kappa shape index (κ1) is 29.5. The molecule has 0 spiro atoms. The van der Waals surface area contributed by atoms with Crippen molar-refractivity contribution in [3.63, 3.8) is 0 Å². The van der Waals surface area contributed by atoms with Crippen LogP contribution in [-0.4, -0.2) is 0 Å². The maximum Gasteiger partial charge on any atom is 0.171 e. The van der Waals surface area contributed by atoms with E-state index in [0.717, 1.165) is 27.0 Å². The third kappa shape index (κ3) is 4.03. The van der Waals surface area contributed by atoms with E-state index in [9.17, 15) is 0 Å². The van der Waals surface area contributed by atoms with Crippen LogP contribution < -0.4 is 15.9 Å². The molecular weight excluding hydrogens is 648 g/mol. The van der Waals surface area contributed by atoms with Crippen LogP contribution in [-0.2, 0) is 4.57 Å². The van der Waals surface area contributed by atoms with Gasteiger partial charge in [-0.2, -0.15) is 0 Å². The molecular formula is C50H31OP.